The Balaban J connectivity index is 2.43. The quantitative estimate of drug-likeness (QED) is 0.785. The highest BCUT2D eigenvalue weighted by Gasteiger charge is 2.09. The molecule has 0 aliphatic carbocycles. The molecule has 0 bridgehead atoms. The largest absolute Gasteiger partial charge is 0.389 e. The first-order valence-corrected chi connectivity index (χ1v) is 6.87. The highest BCUT2D eigenvalue weighted by Crippen LogP contribution is 2.30. The van der Waals surface area contributed by atoms with E-state index in [1.165, 1.54) is 12.1 Å². The minimum Gasteiger partial charge on any atom is -0.389 e. The number of anilines is 2. The van der Waals surface area contributed by atoms with Gasteiger partial charge in [-0.2, -0.15) is 0 Å². The Morgan fingerprint density at radius 1 is 1.21 bits per heavy atom. The van der Waals surface area contributed by atoms with Crippen molar-refractivity contribution >= 4 is 56.1 Å². The first-order valence-electron chi connectivity index (χ1n) is 5.29. The molecule has 0 aliphatic rings. The molecular weight excluding hydrogens is 351 g/mol. The van der Waals surface area contributed by atoms with Gasteiger partial charge in [0.1, 0.15) is 10.8 Å². The lowest BCUT2D eigenvalue weighted by Crippen LogP contribution is -2.12. The average molecular weight is 360 g/mol. The molecule has 2 rings (SSSR count). The molecule has 0 radical (unpaired) electrons. The second-order valence-electron chi connectivity index (χ2n) is 3.80. The summed E-state index contributed by atoms with van der Waals surface area (Å²) in [5.41, 5.74) is 7.41. The molecule has 0 atom stereocenters. The zero-order valence-electron chi connectivity index (χ0n) is 9.58. The van der Waals surface area contributed by atoms with Crippen LogP contribution in [0.4, 0.5) is 15.8 Å². The van der Waals surface area contributed by atoms with E-state index >= 15 is 0 Å². The van der Waals surface area contributed by atoms with Crippen LogP contribution >= 0.6 is 39.7 Å². The molecule has 0 amide bonds. The van der Waals surface area contributed by atoms with Crippen LogP contribution in [0, 0.1) is 5.82 Å². The number of benzene rings is 2. The Bertz CT molecular complexity index is 649. The maximum Gasteiger partial charge on any atom is 0.124 e. The average Bonchev–Trinajstić information content (AvgIpc) is 2.35. The minimum absolute atomic E-state index is 0.125. The number of nitrogens with one attached hydrogen (secondary N) is 1. The molecular formula is C13H9BrClFN2S. The van der Waals surface area contributed by atoms with Crippen molar-refractivity contribution in [3.05, 3.63) is 57.3 Å². The number of hydrogen-bond acceptors (Lipinski definition) is 2. The van der Waals surface area contributed by atoms with Crippen LogP contribution < -0.4 is 11.1 Å². The fraction of sp³-hybridized carbons (Fsp3) is 0. The zero-order chi connectivity index (χ0) is 14.0. The Morgan fingerprint density at radius 3 is 2.63 bits per heavy atom. The molecule has 6 heteroatoms. The van der Waals surface area contributed by atoms with Crippen molar-refractivity contribution in [2.24, 2.45) is 5.73 Å². The molecule has 2 nitrogen and oxygen atoms in total. The van der Waals surface area contributed by atoms with Gasteiger partial charge >= 0.3 is 0 Å². The monoisotopic (exact) mass is 358 g/mol. The number of halogens is 3. The van der Waals surface area contributed by atoms with E-state index in [2.05, 4.69) is 21.2 Å². The van der Waals surface area contributed by atoms with Crippen LogP contribution in [0.1, 0.15) is 5.56 Å². The van der Waals surface area contributed by atoms with Crippen molar-refractivity contribution in [3.8, 4) is 0 Å². The van der Waals surface area contributed by atoms with Crippen molar-refractivity contribution < 1.29 is 4.39 Å². The summed E-state index contributed by atoms with van der Waals surface area (Å²) >= 11 is 14.3. The number of rotatable bonds is 3. The SMILES string of the molecule is NC(=S)c1cc(F)ccc1Nc1cc(Cl)ccc1Br. The van der Waals surface area contributed by atoms with Gasteiger partial charge in [0.05, 0.1) is 5.69 Å². The van der Waals surface area contributed by atoms with Crippen LogP contribution in [0.2, 0.25) is 5.02 Å². The van der Waals surface area contributed by atoms with Gasteiger partial charge in [0, 0.05) is 20.7 Å². The molecule has 98 valence electrons. The first-order chi connectivity index (χ1) is 8.97. The van der Waals surface area contributed by atoms with Gasteiger partial charge in [-0.15, -0.1) is 0 Å². The van der Waals surface area contributed by atoms with Gasteiger partial charge in [-0.25, -0.2) is 4.39 Å². The lowest BCUT2D eigenvalue weighted by Gasteiger charge is -2.13. The normalized spacial score (nSPS) is 10.3. The molecule has 0 heterocycles. The van der Waals surface area contributed by atoms with E-state index in [-0.39, 0.29) is 4.99 Å². The molecule has 19 heavy (non-hydrogen) atoms. The summed E-state index contributed by atoms with van der Waals surface area (Å²) in [5, 5.41) is 3.71. The first kappa shape index (κ1) is 14.2. The molecule has 0 aliphatic heterocycles. The summed E-state index contributed by atoms with van der Waals surface area (Å²) in [6, 6.07) is 9.53. The predicted molar refractivity (Wildman–Crippen MR) is 84.7 cm³/mol. The van der Waals surface area contributed by atoms with E-state index in [4.69, 9.17) is 29.6 Å². The van der Waals surface area contributed by atoms with Gasteiger partial charge < -0.3 is 11.1 Å². The molecule has 2 aromatic carbocycles. The Labute approximate surface area is 128 Å². The maximum atomic E-state index is 13.2. The van der Waals surface area contributed by atoms with Crippen LogP contribution in [0.25, 0.3) is 0 Å². The topological polar surface area (TPSA) is 38.0 Å². The highest BCUT2D eigenvalue weighted by molar-refractivity contribution is 9.10. The van der Waals surface area contributed by atoms with Gasteiger partial charge in [-0.05, 0) is 52.3 Å². The summed E-state index contributed by atoms with van der Waals surface area (Å²) in [6.45, 7) is 0. The third-order valence-corrected chi connectivity index (χ3v) is 3.59. The summed E-state index contributed by atoms with van der Waals surface area (Å²) in [7, 11) is 0. The molecule has 0 saturated heterocycles. The number of nitrogens with two attached hydrogens (primary N) is 1. The van der Waals surface area contributed by atoms with E-state index in [9.17, 15) is 4.39 Å². The third-order valence-electron chi connectivity index (χ3n) is 2.44. The van der Waals surface area contributed by atoms with E-state index in [1.54, 1.807) is 18.2 Å². The fourth-order valence-electron chi connectivity index (χ4n) is 1.57. The van der Waals surface area contributed by atoms with Crippen molar-refractivity contribution in [1.29, 1.82) is 0 Å². The molecule has 0 aromatic heterocycles. The number of thiocarbonyl (C=S) groups is 1. The van der Waals surface area contributed by atoms with E-state index in [0.717, 1.165) is 10.2 Å². The van der Waals surface area contributed by atoms with Crippen molar-refractivity contribution in [2.75, 3.05) is 5.32 Å². The summed E-state index contributed by atoms with van der Waals surface area (Å²) in [5.74, 6) is -0.390. The number of hydrogen-bond donors (Lipinski definition) is 2. The summed E-state index contributed by atoms with van der Waals surface area (Å²) in [6.07, 6.45) is 0. The van der Waals surface area contributed by atoms with Crippen LogP contribution in [-0.4, -0.2) is 4.99 Å². The molecule has 0 spiro atoms. The highest BCUT2D eigenvalue weighted by atomic mass is 79.9. The lowest BCUT2D eigenvalue weighted by atomic mass is 10.1. The van der Waals surface area contributed by atoms with Crippen LogP contribution in [-0.2, 0) is 0 Å². The summed E-state index contributed by atoms with van der Waals surface area (Å²) < 4.78 is 14.0. The van der Waals surface area contributed by atoms with Crippen molar-refractivity contribution in [1.82, 2.24) is 0 Å². The fourth-order valence-corrected chi connectivity index (χ4v) is 2.25. The van der Waals surface area contributed by atoms with E-state index < -0.39 is 5.82 Å². The Morgan fingerprint density at radius 2 is 1.95 bits per heavy atom. The third kappa shape index (κ3) is 3.43. The molecule has 3 N–H and O–H groups in total. The minimum atomic E-state index is -0.390. The van der Waals surface area contributed by atoms with Crippen LogP contribution in [0.3, 0.4) is 0 Å². The maximum absolute atomic E-state index is 13.2. The molecule has 2 aromatic rings. The van der Waals surface area contributed by atoms with E-state index in [1.807, 2.05) is 6.07 Å². The molecule has 0 fully saturated rings. The van der Waals surface area contributed by atoms with Crippen LogP contribution in [0.5, 0.6) is 0 Å². The molecule has 0 unspecified atom stereocenters. The van der Waals surface area contributed by atoms with Crippen molar-refractivity contribution in [2.45, 2.75) is 0 Å². The van der Waals surface area contributed by atoms with E-state index in [0.29, 0.717) is 16.3 Å². The van der Waals surface area contributed by atoms with Gasteiger partial charge in [0.15, 0.2) is 0 Å². The van der Waals surface area contributed by atoms with Gasteiger partial charge in [0.2, 0.25) is 0 Å². The Kier molecular flexibility index (Phi) is 4.39. The van der Waals surface area contributed by atoms with Gasteiger partial charge in [0.25, 0.3) is 0 Å². The standard InChI is InChI=1S/C13H9BrClFN2S/c14-10-3-1-7(15)5-12(10)18-11-4-2-8(16)6-9(11)13(17)19/h1-6,18H,(H2,17,19). The smallest absolute Gasteiger partial charge is 0.124 e. The van der Waals surface area contributed by atoms with Crippen LogP contribution in [0.15, 0.2) is 40.9 Å². The summed E-state index contributed by atoms with van der Waals surface area (Å²) in [4.78, 5) is 0.125. The predicted octanol–water partition coefficient (Wildman–Crippen LogP) is 4.62. The lowest BCUT2D eigenvalue weighted by molar-refractivity contribution is 0.628. The Hall–Kier alpha value is -1.17. The zero-order valence-corrected chi connectivity index (χ0v) is 12.7. The van der Waals surface area contributed by atoms with Gasteiger partial charge in [-0.3, -0.25) is 0 Å². The van der Waals surface area contributed by atoms with Crippen molar-refractivity contribution in [3.63, 3.8) is 0 Å². The second-order valence-corrected chi connectivity index (χ2v) is 5.53. The molecule has 0 saturated carbocycles. The second kappa shape index (κ2) is 5.86. The van der Waals surface area contributed by atoms with Gasteiger partial charge in [-0.1, -0.05) is 23.8 Å².